The molecule has 0 radical (unpaired) electrons. The van der Waals surface area contributed by atoms with Gasteiger partial charge >= 0.3 is 0 Å². The molecule has 0 saturated carbocycles. The van der Waals surface area contributed by atoms with Gasteiger partial charge in [-0.15, -0.1) is 11.3 Å². The third-order valence-corrected chi connectivity index (χ3v) is 9.22. The summed E-state index contributed by atoms with van der Waals surface area (Å²) < 4.78 is 27.5. The number of nitrogens with one attached hydrogen (secondary N) is 1. The molecule has 1 saturated heterocycles. The summed E-state index contributed by atoms with van der Waals surface area (Å²) in [5.41, 5.74) is 0.376. The van der Waals surface area contributed by atoms with Crippen LogP contribution in [0.1, 0.15) is 67.7 Å². The van der Waals surface area contributed by atoms with Crippen molar-refractivity contribution < 1.29 is 18.0 Å². The van der Waals surface area contributed by atoms with Crippen molar-refractivity contribution >= 4 is 33.1 Å². The maximum atomic E-state index is 13.1. The zero-order valence-electron chi connectivity index (χ0n) is 18.9. The molecule has 1 N–H and O–H groups in total. The lowest BCUT2D eigenvalue weighted by Gasteiger charge is -2.32. The van der Waals surface area contributed by atoms with E-state index in [0.29, 0.717) is 37.4 Å². The second-order valence-electron chi connectivity index (χ2n) is 8.34. The lowest BCUT2D eigenvalue weighted by molar-refractivity contribution is -0.127. The average molecular weight is 477 g/mol. The van der Waals surface area contributed by atoms with E-state index in [-0.39, 0.29) is 28.5 Å². The summed E-state index contributed by atoms with van der Waals surface area (Å²) in [5, 5.41) is 5.29. The summed E-state index contributed by atoms with van der Waals surface area (Å²) in [5.74, 6) is -0.00504. The minimum absolute atomic E-state index is 0.00549. The van der Waals surface area contributed by atoms with E-state index in [4.69, 9.17) is 0 Å². The Balaban J connectivity index is 1.66. The van der Waals surface area contributed by atoms with E-state index in [9.17, 15) is 18.0 Å². The molecule has 32 heavy (non-hydrogen) atoms. The Morgan fingerprint density at radius 3 is 2.38 bits per heavy atom. The van der Waals surface area contributed by atoms with Gasteiger partial charge < -0.3 is 5.32 Å². The third-order valence-electron chi connectivity index (χ3n) is 6.37. The number of nitrogens with zero attached hydrogens (tertiary/aromatic N) is 1. The van der Waals surface area contributed by atoms with Crippen molar-refractivity contribution in [1.29, 1.82) is 0 Å². The van der Waals surface area contributed by atoms with Crippen molar-refractivity contribution in [2.24, 2.45) is 11.8 Å². The highest BCUT2D eigenvalue weighted by Crippen LogP contribution is 2.32. The maximum absolute atomic E-state index is 13.1. The first-order valence-electron chi connectivity index (χ1n) is 11.2. The van der Waals surface area contributed by atoms with Crippen LogP contribution in [0.15, 0.2) is 46.7 Å². The zero-order chi connectivity index (χ0) is 23.3. The van der Waals surface area contributed by atoms with Crippen molar-refractivity contribution in [2.75, 3.05) is 13.1 Å². The number of amides is 1. The summed E-state index contributed by atoms with van der Waals surface area (Å²) in [4.78, 5) is 26.0. The smallest absolute Gasteiger partial charge is 0.243 e. The lowest BCUT2D eigenvalue weighted by Crippen LogP contribution is -2.44. The minimum atomic E-state index is -3.70. The van der Waals surface area contributed by atoms with E-state index >= 15 is 0 Å². The fourth-order valence-electron chi connectivity index (χ4n) is 4.30. The largest absolute Gasteiger partial charge is 0.348 e. The molecule has 0 aliphatic carbocycles. The zero-order valence-corrected chi connectivity index (χ0v) is 20.5. The van der Waals surface area contributed by atoms with Crippen LogP contribution in [-0.4, -0.2) is 37.5 Å². The van der Waals surface area contributed by atoms with Gasteiger partial charge in [0.05, 0.1) is 10.9 Å². The first-order chi connectivity index (χ1) is 15.3. The Morgan fingerprint density at radius 2 is 1.81 bits per heavy atom. The number of thiophene rings is 1. The van der Waals surface area contributed by atoms with Crippen LogP contribution in [0, 0.1) is 11.8 Å². The lowest BCUT2D eigenvalue weighted by atomic mass is 9.91. The molecular weight excluding hydrogens is 444 g/mol. The number of hydrogen-bond donors (Lipinski definition) is 1. The number of carbonyl (C=O) groups excluding carboxylic acids is 2. The highest BCUT2D eigenvalue weighted by Gasteiger charge is 2.34. The van der Waals surface area contributed by atoms with Gasteiger partial charge in [0.2, 0.25) is 15.9 Å². The quantitative estimate of drug-likeness (QED) is 0.534. The van der Waals surface area contributed by atoms with Crippen LogP contribution in [-0.2, 0) is 14.8 Å². The fraction of sp³-hybridized carbons (Fsp3) is 0.500. The van der Waals surface area contributed by atoms with Crippen molar-refractivity contribution in [3.63, 3.8) is 0 Å². The Morgan fingerprint density at radius 1 is 1.12 bits per heavy atom. The molecule has 0 spiro atoms. The van der Waals surface area contributed by atoms with Gasteiger partial charge in [-0.3, -0.25) is 9.59 Å². The van der Waals surface area contributed by atoms with Crippen molar-refractivity contribution in [3.8, 4) is 0 Å². The first kappa shape index (κ1) is 24.6. The number of Topliss-reactive ketones (excluding diaryl/α,β-unsaturated/α-hetero) is 1. The molecule has 174 valence electrons. The summed E-state index contributed by atoms with van der Waals surface area (Å²) in [7, 11) is -3.70. The monoisotopic (exact) mass is 476 g/mol. The predicted octanol–water partition coefficient (Wildman–Crippen LogP) is 4.65. The van der Waals surface area contributed by atoms with Gasteiger partial charge in [-0.25, -0.2) is 8.42 Å². The van der Waals surface area contributed by atoms with Crippen LogP contribution in [0.2, 0.25) is 0 Å². The van der Waals surface area contributed by atoms with E-state index in [1.165, 1.54) is 23.4 Å². The van der Waals surface area contributed by atoms with Gasteiger partial charge in [-0.2, -0.15) is 4.31 Å². The molecule has 2 heterocycles. The second kappa shape index (κ2) is 10.7. The average Bonchev–Trinajstić information content (AvgIpc) is 3.34. The van der Waals surface area contributed by atoms with E-state index in [1.807, 2.05) is 11.4 Å². The molecule has 1 atom stereocenters. The Kier molecular flexibility index (Phi) is 8.25. The molecule has 3 rings (SSSR count). The first-order valence-corrected chi connectivity index (χ1v) is 13.5. The SMILES string of the molecule is CCC(CC)C(NC(=O)C1CCN(S(=O)(=O)c2cccc(C(C)=O)c2)CC1)c1cccs1. The van der Waals surface area contributed by atoms with Crippen LogP contribution < -0.4 is 5.32 Å². The molecule has 1 aliphatic rings. The second-order valence-corrected chi connectivity index (χ2v) is 11.3. The van der Waals surface area contributed by atoms with Gasteiger partial charge in [0.25, 0.3) is 0 Å². The van der Waals surface area contributed by atoms with Crippen molar-refractivity contribution in [1.82, 2.24) is 9.62 Å². The number of benzene rings is 1. The Labute approximate surface area is 195 Å². The number of hydrogen-bond acceptors (Lipinski definition) is 5. The predicted molar refractivity (Wildman–Crippen MR) is 127 cm³/mol. The van der Waals surface area contributed by atoms with Gasteiger partial charge in [0.15, 0.2) is 5.78 Å². The molecule has 8 heteroatoms. The van der Waals surface area contributed by atoms with Gasteiger partial charge in [0.1, 0.15) is 0 Å². The van der Waals surface area contributed by atoms with E-state index in [2.05, 4.69) is 25.2 Å². The summed E-state index contributed by atoms with van der Waals surface area (Å²) in [6, 6.07) is 10.2. The van der Waals surface area contributed by atoms with Crippen LogP contribution in [0.3, 0.4) is 0 Å². The molecule has 1 aromatic heterocycles. The number of sulfonamides is 1. The summed E-state index contributed by atoms with van der Waals surface area (Å²) in [6.07, 6.45) is 2.93. The molecule has 0 bridgehead atoms. The highest BCUT2D eigenvalue weighted by molar-refractivity contribution is 7.89. The molecule has 1 fully saturated rings. The number of ketones is 1. The summed E-state index contributed by atoms with van der Waals surface area (Å²) in [6.45, 7) is 6.29. The molecule has 1 amide bonds. The molecule has 1 aromatic carbocycles. The Hall–Kier alpha value is -2.03. The van der Waals surface area contributed by atoms with E-state index in [1.54, 1.807) is 23.5 Å². The molecular formula is C24H32N2O4S2. The van der Waals surface area contributed by atoms with Crippen LogP contribution in [0.25, 0.3) is 0 Å². The number of rotatable bonds is 9. The third kappa shape index (κ3) is 5.47. The normalized spacial score (nSPS) is 16.8. The van der Waals surface area contributed by atoms with Gasteiger partial charge in [0, 0.05) is 29.4 Å². The summed E-state index contributed by atoms with van der Waals surface area (Å²) >= 11 is 1.66. The van der Waals surface area contributed by atoms with Crippen LogP contribution in [0.4, 0.5) is 0 Å². The molecule has 1 unspecified atom stereocenters. The number of piperidine rings is 1. The maximum Gasteiger partial charge on any atom is 0.243 e. The number of carbonyl (C=O) groups is 2. The fourth-order valence-corrected chi connectivity index (χ4v) is 6.69. The van der Waals surface area contributed by atoms with E-state index < -0.39 is 10.0 Å². The topological polar surface area (TPSA) is 83.6 Å². The molecule has 6 nitrogen and oxygen atoms in total. The van der Waals surface area contributed by atoms with Crippen LogP contribution >= 0.6 is 11.3 Å². The van der Waals surface area contributed by atoms with Crippen LogP contribution in [0.5, 0.6) is 0 Å². The van der Waals surface area contributed by atoms with Gasteiger partial charge in [-0.1, -0.05) is 44.9 Å². The van der Waals surface area contributed by atoms with E-state index in [0.717, 1.165) is 17.7 Å². The van der Waals surface area contributed by atoms with Crippen molar-refractivity contribution in [2.45, 2.75) is 57.4 Å². The Bertz CT molecular complexity index is 1020. The van der Waals surface area contributed by atoms with Crippen molar-refractivity contribution in [3.05, 3.63) is 52.2 Å². The highest BCUT2D eigenvalue weighted by atomic mass is 32.2. The molecule has 1 aliphatic heterocycles. The van der Waals surface area contributed by atoms with Gasteiger partial charge in [-0.05, 0) is 49.3 Å². The molecule has 2 aromatic rings. The minimum Gasteiger partial charge on any atom is -0.348 e. The standard InChI is InChI=1S/C24H32N2O4S2/c1-4-18(5-2)23(22-10-7-15-31-22)25-24(28)19-11-13-26(14-12-19)32(29,30)21-9-6-8-20(16-21)17(3)27/h6-10,15-16,18-19,23H,4-5,11-14H2,1-3H3,(H,25,28).